The highest BCUT2D eigenvalue weighted by Crippen LogP contribution is 2.09. The molecule has 1 atom stereocenters. The van der Waals surface area contributed by atoms with Crippen LogP contribution in [0.15, 0.2) is 0 Å². The number of likely N-dealkylation sites (tertiary alicyclic amines) is 1. The van der Waals surface area contributed by atoms with Crippen LogP contribution in [-0.2, 0) is 14.8 Å². The normalized spacial score (nSPS) is 21.8. The molecule has 1 aliphatic rings. The number of hydrogen-bond acceptors (Lipinski definition) is 4. The lowest BCUT2D eigenvalue weighted by Gasteiger charge is -2.32. The van der Waals surface area contributed by atoms with Crippen molar-refractivity contribution in [2.75, 3.05) is 32.4 Å². The molecule has 1 aliphatic heterocycles. The van der Waals surface area contributed by atoms with E-state index in [1.165, 1.54) is 0 Å². The number of rotatable bonds is 6. The SMILES string of the molecule is CCN1CCCC(NC(=O)CCNS(C)(=O)=O)C1. The third-order valence-corrected chi connectivity index (χ3v) is 3.76. The molecule has 0 bridgehead atoms. The summed E-state index contributed by atoms with van der Waals surface area (Å²) < 4.78 is 24.0. The summed E-state index contributed by atoms with van der Waals surface area (Å²) in [6, 6.07) is 0.199. The molecule has 1 saturated heterocycles. The van der Waals surface area contributed by atoms with Gasteiger partial charge in [-0.15, -0.1) is 0 Å². The zero-order chi connectivity index (χ0) is 13.6. The summed E-state index contributed by atoms with van der Waals surface area (Å²) >= 11 is 0. The van der Waals surface area contributed by atoms with Gasteiger partial charge in [0.2, 0.25) is 15.9 Å². The van der Waals surface area contributed by atoms with Crippen molar-refractivity contribution in [1.29, 1.82) is 0 Å². The van der Waals surface area contributed by atoms with Crippen LogP contribution < -0.4 is 10.0 Å². The number of sulfonamides is 1. The summed E-state index contributed by atoms with van der Waals surface area (Å²) in [6.45, 7) is 5.26. The van der Waals surface area contributed by atoms with E-state index in [0.29, 0.717) is 0 Å². The van der Waals surface area contributed by atoms with Crippen molar-refractivity contribution in [3.05, 3.63) is 0 Å². The standard InChI is InChI=1S/C11H23N3O3S/c1-3-14-8-4-5-10(9-14)13-11(15)6-7-12-18(2,16)17/h10,12H,3-9H2,1-2H3,(H,13,15). The average Bonchev–Trinajstić information content (AvgIpc) is 2.27. The molecule has 1 fully saturated rings. The Balaban J connectivity index is 2.23. The number of amides is 1. The molecule has 106 valence electrons. The van der Waals surface area contributed by atoms with E-state index in [4.69, 9.17) is 0 Å². The molecule has 0 saturated carbocycles. The topological polar surface area (TPSA) is 78.5 Å². The lowest BCUT2D eigenvalue weighted by molar-refractivity contribution is -0.122. The minimum absolute atomic E-state index is 0.0888. The van der Waals surface area contributed by atoms with Gasteiger partial charge in [0.25, 0.3) is 0 Å². The van der Waals surface area contributed by atoms with Crippen molar-refractivity contribution in [1.82, 2.24) is 14.9 Å². The highest BCUT2D eigenvalue weighted by atomic mass is 32.2. The predicted octanol–water partition coefficient (Wildman–Crippen LogP) is -0.474. The molecule has 0 aromatic heterocycles. The zero-order valence-corrected chi connectivity index (χ0v) is 11.9. The van der Waals surface area contributed by atoms with Crippen LogP contribution in [-0.4, -0.2) is 57.7 Å². The quantitative estimate of drug-likeness (QED) is 0.688. The first-order valence-electron chi connectivity index (χ1n) is 6.37. The second-order valence-corrected chi connectivity index (χ2v) is 6.55. The van der Waals surface area contributed by atoms with Gasteiger partial charge in [-0.2, -0.15) is 0 Å². The van der Waals surface area contributed by atoms with Gasteiger partial charge in [0.1, 0.15) is 0 Å². The summed E-state index contributed by atoms with van der Waals surface area (Å²) in [5, 5.41) is 2.95. The van der Waals surface area contributed by atoms with Crippen molar-refractivity contribution in [2.45, 2.75) is 32.2 Å². The monoisotopic (exact) mass is 277 g/mol. The highest BCUT2D eigenvalue weighted by molar-refractivity contribution is 7.88. The van der Waals surface area contributed by atoms with Crippen LogP contribution in [0, 0.1) is 0 Å². The van der Waals surface area contributed by atoms with E-state index >= 15 is 0 Å². The van der Waals surface area contributed by atoms with Crippen LogP contribution in [0.3, 0.4) is 0 Å². The fourth-order valence-corrected chi connectivity index (χ4v) is 2.58. The first-order valence-corrected chi connectivity index (χ1v) is 8.26. The summed E-state index contributed by atoms with van der Waals surface area (Å²) in [6.07, 6.45) is 3.38. The van der Waals surface area contributed by atoms with Gasteiger partial charge in [0.05, 0.1) is 6.26 Å². The Morgan fingerprint density at radius 1 is 1.44 bits per heavy atom. The van der Waals surface area contributed by atoms with Crippen LogP contribution in [0.2, 0.25) is 0 Å². The molecule has 1 amide bonds. The van der Waals surface area contributed by atoms with Crippen LogP contribution in [0.1, 0.15) is 26.2 Å². The largest absolute Gasteiger partial charge is 0.352 e. The predicted molar refractivity (Wildman–Crippen MR) is 70.7 cm³/mol. The van der Waals surface area contributed by atoms with E-state index in [1.807, 2.05) is 0 Å². The maximum Gasteiger partial charge on any atom is 0.221 e. The lowest BCUT2D eigenvalue weighted by Crippen LogP contribution is -2.48. The lowest BCUT2D eigenvalue weighted by atomic mass is 10.1. The average molecular weight is 277 g/mol. The number of likely N-dealkylation sites (N-methyl/N-ethyl adjacent to an activating group) is 1. The smallest absolute Gasteiger partial charge is 0.221 e. The van der Waals surface area contributed by atoms with Gasteiger partial charge in [-0.3, -0.25) is 4.79 Å². The number of carbonyl (C=O) groups is 1. The van der Waals surface area contributed by atoms with Gasteiger partial charge in [-0.05, 0) is 25.9 Å². The van der Waals surface area contributed by atoms with Crippen LogP contribution >= 0.6 is 0 Å². The van der Waals surface area contributed by atoms with Crippen LogP contribution in [0.5, 0.6) is 0 Å². The van der Waals surface area contributed by atoms with Gasteiger partial charge in [-0.25, -0.2) is 13.1 Å². The van der Waals surface area contributed by atoms with Gasteiger partial charge in [0.15, 0.2) is 0 Å². The molecule has 18 heavy (non-hydrogen) atoms. The fraction of sp³-hybridized carbons (Fsp3) is 0.909. The third-order valence-electron chi connectivity index (χ3n) is 3.03. The van der Waals surface area contributed by atoms with Crippen molar-refractivity contribution in [2.24, 2.45) is 0 Å². The molecule has 0 radical (unpaired) electrons. The molecule has 0 spiro atoms. The maximum atomic E-state index is 11.6. The van der Waals surface area contributed by atoms with Gasteiger partial charge >= 0.3 is 0 Å². The summed E-state index contributed by atoms with van der Waals surface area (Å²) in [4.78, 5) is 13.9. The fourth-order valence-electron chi connectivity index (χ4n) is 2.11. The Morgan fingerprint density at radius 3 is 2.78 bits per heavy atom. The second kappa shape index (κ2) is 7.06. The second-order valence-electron chi connectivity index (χ2n) is 4.72. The minimum atomic E-state index is -3.20. The van der Waals surface area contributed by atoms with E-state index < -0.39 is 10.0 Å². The molecule has 2 N–H and O–H groups in total. The summed E-state index contributed by atoms with van der Waals surface area (Å²) in [5.74, 6) is -0.0888. The van der Waals surface area contributed by atoms with Crippen molar-refractivity contribution < 1.29 is 13.2 Å². The van der Waals surface area contributed by atoms with E-state index in [1.54, 1.807) is 0 Å². The first kappa shape index (κ1) is 15.4. The Bertz CT molecular complexity index is 370. The van der Waals surface area contributed by atoms with E-state index in [2.05, 4.69) is 21.9 Å². The number of hydrogen-bond donors (Lipinski definition) is 2. The molecule has 0 aliphatic carbocycles. The molecular formula is C11H23N3O3S. The third kappa shape index (κ3) is 6.32. The zero-order valence-electron chi connectivity index (χ0n) is 11.1. The summed E-state index contributed by atoms with van der Waals surface area (Å²) in [7, 11) is -3.20. The minimum Gasteiger partial charge on any atom is -0.352 e. The molecule has 1 heterocycles. The van der Waals surface area contributed by atoms with Crippen molar-refractivity contribution in [3.63, 3.8) is 0 Å². The molecule has 0 aromatic carbocycles. The molecule has 0 aromatic rings. The molecule has 1 unspecified atom stereocenters. The molecule has 1 rings (SSSR count). The van der Waals surface area contributed by atoms with Crippen molar-refractivity contribution in [3.8, 4) is 0 Å². The number of carbonyl (C=O) groups excluding carboxylic acids is 1. The highest BCUT2D eigenvalue weighted by Gasteiger charge is 2.19. The van der Waals surface area contributed by atoms with E-state index in [-0.39, 0.29) is 24.9 Å². The molecular weight excluding hydrogens is 254 g/mol. The molecule has 6 nitrogen and oxygen atoms in total. The Hall–Kier alpha value is -0.660. The summed E-state index contributed by atoms with van der Waals surface area (Å²) in [5.41, 5.74) is 0. The number of nitrogens with zero attached hydrogens (tertiary/aromatic N) is 1. The van der Waals surface area contributed by atoms with Gasteiger partial charge < -0.3 is 10.2 Å². The van der Waals surface area contributed by atoms with Gasteiger partial charge in [-0.1, -0.05) is 6.92 Å². The van der Waals surface area contributed by atoms with Crippen LogP contribution in [0.25, 0.3) is 0 Å². The Labute approximate surface area is 109 Å². The van der Waals surface area contributed by atoms with E-state index in [0.717, 1.165) is 38.7 Å². The molecule has 7 heteroatoms. The van der Waals surface area contributed by atoms with Crippen LogP contribution in [0.4, 0.5) is 0 Å². The first-order chi connectivity index (χ1) is 8.40. The Morgan fingerprint density at radius 2 is 2.17 bits per heavy atom. The van der Waals surface area contributed by atoms with Gasteiger partial charge in [0, 0.05) is 25.6 Å². The Kier molecular flexibility index (Phi) is 6.04. The van der Waals surface area contributed by atoms with E-state index in [9.17, 15) is 13.2 Å². The van der Waals surface area contributed by atoms with Crippen molar-refractivity contribution >= 4 is 15.9 Å². The maximum absolute atomic E-state index is 11.6. The number of nitrogens with one attached hydrogen (secondary N) is 2. The number of piperidine rings is 1.